The summed E-state index contributed by atoms with van der Waals surface area (Å²) in [5, 5.41) is 0. The molecule has 0 N–H and O–H groups in total. The molecule has 0 rings (SSSR count). The van der Waals surface area contributed by atoms with Crippen molar-refractivity contribution >= 4 is 22.9 Å². The smallest absolute Gasteiger partial charge is 0.668 e. The van der Waals surface area contributed by atoms with E-state index < -0.39 is 16.5 Å². The molecule has 0 aromatic carbocycles. The summed E-state index contributed by atoms with van der Waals surface area (Å²) in [5.74, 6) is 0. The maximum absolute atomic E-state index is 9.43. The Balaban J connectivity index is -0.000000208. The fraction of sp³-hybridized carbons (Fsp3) is 0.889. The molecule has 0 atom stereocenters. The Morgan fingerprint density at radius 2 is 1.13 bits per heavy atom. The molecule has 0 aromatic rings. The van der Waals surface area contributed by atoms with Crippen molar-refractivity contribution in [2.75, 3.05) is 14.1 Å². The first-order valence-corrected chi connectivity index (χ1v) is 11.7. The Labute approximate surface area is 109 Å². The zero-order chi connectivity index (χ0) is 12.0. The zero-order valence-electron chi connectivity index (χ0n) is 11.9. The van der Waals surface area contributed by atoms with Crippen molar-refractivity contribution in [3.05, 3.63) is 4.65 Å². The second-order valence-electron chi connectivity index (χ2n) is 5.52. The van der Waals surface area contributed by atoms with Crippen LogP contribution in [0.1, 0.15) is 0 Å². The van der Waals surface area contributed by atoms with Gasteiger partial charge in [0.05, 0.1) is 0 Å². The van der Waals surface area contributed by atoms with Gasteiger partial charge in [-0.25, -0.2) is 0 Å². The fourth-order valence-electron chi connectivity index (χ4n) is 1.01. The summed E-state index contributed by atoms with van der Waals surface area (Å²) in [4.78, 5) is 10.9. The van der Waals surface area contributed by atoms with Crippen molar-refractivity contribution in [3.8, 4) is 0 Å². The van der Waals surface area contributed by atoms with Crippen LogP contribution in [0.3, 0.4) is 0 Å². The molecule has 1 amide bonds. The summed E-state index contributed by atoms with van der Waals surface area (Å²) in [6.45, 7) is 13.8. The molecule has 0 saturated heterocycles. The van der Waals surface area contributed by atoms with Crippen molar-refractivity contribution in [3.63, 3.8) is 0 Å². The summed E-state index contributed by atoms with van der Waals surface area (Å²) in [6, 6.07) is 0. The van der Waals surface area contributed by atoms with Gasteiger partial charge in [0.2, 0.25) is 6.41 Å². The molecule has 15 heavy (non-hydrogen) atoms. The first kappa shape index (κ1) is 20.8. The first-order chi connectivity index (χ1) is 5.98. The van der Waals surface area contributed by atoms with Crippen LogP contribution in [-0.4, -0.2) is 41.9 Å². The second-order valence-corrected chi connectivity index (χ2v) is 15.1. The van der Waals surface area contributed by atoms with Crippen molar-refractivity contribution in [2.24, 2.45) is 0 Å². The molecule has 0 bridgehead atoms. The van der Waals surface area contributed by atoms with Crippen LogP contribution in [0.4, 0.5) is 0 Å². The van der Waals surface area contributed by atoms with Gasteiger partial charge in [-0.05, 0) is 0 Å². The molecule has 0 fully saturated rings. The minimum atomic E-state index is -1.11. The Morgan fingerprint density at radius 1 is 0.933 bits per heavy atom. The van der Waals surface area contributed by atoms with Crippen molar-refractivity contribution in [1.29, 1.82) is 0 Å². The van der Waals surface area contributed by atoms with E-state index in [4.69, 9.17) is 4.65 Å². The van der Waals surface area contributed by atoms with Gasteiger partial charge >= 0.3 is 18.9 Å². The van der Waals surface area contributed by atoms with E-state index in [0.717, 1.165) is 6.41 Å². The van der Waals surface area contributed by atoms with Crippen LogP contribution in [0.2, 0.25) is 39.3 Å². The average molecular weight is 240 g/mol. The molecule has 0 radical (unpaired) electrons. The topological polar surface area (TPSA) is 34.4 Å². The summed E-state index contributed by atoms with van der Waals surface area (Å²) >= 11 is 0. The van der Waals surface area contributed by atoms with Crippen molar-refractivity contribution in [2.45, 2.75) is 39.3 Å². The standard InChI is InChI=1S/C6H18NSi2.C3H7NO.Li/c1-8(2,3)7-9(4,5)6;1-4(2)3-5;/h1-6H3;3H,1-2H3;/q-1;;+1. The SMILES string of the molecule is CN(C)C=O.C[Si](C)(C)[N-][Si](C)(C)C.[Li+]. The molecule has 0 aliphatic carbocycles. The van der Waals surface area contributed by atoms with Gasteiger partial charge in [0.25, 0.3) is 0 Å². The van der Waals surface area contributed by atoms with Gasteiger partial charge in [-0.3, -0.25) is 4.79 Å². The molecule has 6 heteroatoms. The largest absolute Gasteiger partial charge is 1.00 e. The van der Waals surface area contributed by atoms with E-state index in [0.29, 0.717) is 0 Å². The number of carbonyl (C=O) groups excluding carboxylic acids is 1. The van der Waals surface area contributed by atoms with Crippen LogP contribution in [0.25, 0.3) is 4.65 Å². The molecule has 0 unspecified atom stereocenters. The maximum atomic E-state index is 9.43. The third-order valence-corrected chi connectivity index (χ3v) is 6.25. The first-order valence-electron chi connectivity index (χ1n) is 4.84. The van der Waals surface area contributed by atoms with Crippen LogP contribution in [0, 0.1) is 0 Å². The van der Waals surface area contributed by atoms with E-state index in [9.17, 15) is 4.79 Å². The Morgan fingerprint density at radius 3 is 1.13 bits per heavy atom. The van der Waals surface area contributed by atoms with Crippen molar-refractivity contribution < 1.29 is 23.7 Å². The van der Waals surface area contributed by atoms with E-state index in [1.165, 1.54) is 4.90 Å². The van der Waals surface area contributed by atoms with Crippen LogP contribution in [-0.2, 0) is 4.79 Å². The van der Waals surface area contributed by atoms with Gasteiger partial charge in [-0.2, -0.15) is 0 Å². The third kappa shape index (κ3) is 31.4. The number of carbonyl (C=O) groups is 1. The van der Waals surface area contributed by atoms with Gasteiger partial charge in [0.15, 0.2) is 0 Å². The molecule has 0 saturated carbocycles. The van der Waals surface area contributed by atoms with Crippen LogP contribution < -0.4 is 18.9 Å². The normalized spacial score (nSPS) is 10.7. The summed E-state index contributed by atoms with van der Waals surface area (Å²) in [7, 11) is 1.16. The van der Waals surface area contributed by atoms with E-state index in [2.05, 4.69) is 39.3 Å². The molecule has 0 aromatic heterocycles. The molecule has 0 spiro atoms. The van der Waals surface area contributed by atoms with Gasteiger partial charge in [0.1, 0.15) is 0 Å². The van der Waals surface area contributed by atoms with E-state index >= 15 is 0 Å². The van der Waals surface area contributed by atoms with Gasteiger partial charge < -0.3 is 9.55 Å². The predicted molar refractivity (Wildman–Crippen MR) is 69.8 cm³/mol. The number of rotatable bonds is 3. The minimum absolute atomic E-state index is 0. The number of nitrogens with zero attached hydrogens (tertiary/aromatic N) is 2. The molecular formula is C9H25LiN2OSi2. The van der Waals surface area contributed by atoms with Gasteiger partial charge in [-0.1, -0.05) is 55.8 Å². The quantitative estimate of drug-likeness (QED) is 0.494. The summed E-state index contributed by atoms with van der Waals surface area (Å²) < 4.78 is 4.82. The van der Waals surface area contributed by atoms with Gasteiger partial charge in [-0.15, -0.1) is 0 Å². The monoisotopic (exact) mass is 240 g/mol. The maximum Gasteiger partial charge on any atom is 1.00 e. The molecule has 86 valence electrons. The van der Waals surface area contributed by atoms with Crippen LogP contribution in [0.15, 0.2) is 0 Å². The minimum Gasteiger partial charge on any atom is -0.668 e. The zero-order valence-corrected chi connectivity index (χ0v) is 13.9. The second kappa shape index (κ2) is 8.59. The fourth-order valence-corrected chi connectivity index (χ4v) is 9.06. The van der Waals surface area contributed by atoms with E-state index in [1.807, 2.05) is 0 Å². The molecule has 0 aliphatic heterocycles. The molecular weight excluding hydrogens is 215 g/mol. The number of hydrogen-bond acceptors (Lipinski definition) is 1. The van der Waals surface area contributed by atoms with Crippen LogP contribution in [0.5, 0.6) is 0 Å². The van der Waals surface area contributed by atoms with E-state index in [1.54, 1.807) is 14.1 Å². The van der Waals surface area contributed by atoms with Crippen LogP contribution >= 0.6 is 0 Å². The Kier molecular flexibility index (Phi) is 11.9. The third-order valence-electron chi connectivity index (χ3n) is 0.882. The summed E-state index contributed by atoms with van der Waals surface area (Å²) in [5.41, 5.74) is 0. The van der Waals surface area contributed by atoms with Crippen molar-refractivity contribution in [1.82, 2.24) is 4.90 Å². The average Bonchev–Trinajstić information content (AvgIpc) is 1.80. The summed E-state index contributed by atoms with van der Waals surface area (Å²) in [6.07, 6.45) is 0.750. The Bertz CT molecular complexity index is 152. The number of amides is 1. The molecule has 0 aliphatic rings. The number of hydrogen-bond donors (Lipinski definition) is 0. The Hall–Kier alpha value is 0.461. The molecule has 3 nitrogen and oxygen atoms in total. The van der Waals surface area contributed by atoms with Gasteiger partial charge in [0, 0.05) is 14.1 Å². The van der Waals surface area contributed by atoms with E-state index in [-0.39, 0.29) is 18.9 Å². The molecule has 0 heterocycles. The predicted octanol–water partition coefficient (Wildman–Crippen LogP) is -0.262.